The van der Waals surface area contributed by atoms with Crippen LogP contribution < -0.4 is 14.9 Å². The summed E-state index contributed by atoms with van der Waals surface area (Å²) in [7, 11) is 0. The van der Waals surface area contributed by atoms with Gasteiger partial charge in [0.2, 0.25) is 6.79 Å². The van der Waals surface area contributed by atoms with Crippen LogP contribution in [0.4, 0.5) is 30.2 Å². The van der Waals surface area contributed by atoms with Gasteiger partial charge in [-0.2, -0.15) is 18.3 Å². The summed E-state index contributed by atoms with van der Waals surface area (Å²) in [5.74, 6) is 0.419. The van der Waals surface area contributed by atoms with Crippen molar-refractivity contribution >= 4 is 23.3 Å². The number of nitro groups is 2. The molecule has 1 aliphatic heterocycles. The molecule has 0 atom stereocenters. The van der Waals surface area contributed by atoms with Gasteiger partial charge in [-0.25, -0.2) is 0 Å². The molecule has 0 bridgehead atoms. The molecule has 3 rings (SSSR count). The van der Waals surface area contributed by atoms with E-state index in [1.807, 2.05) is 0 Å². The van der Waals surface area contributed by atoms with Crippen molar-refractivity contribution < 1.29 is 32.5 Å². The van der Waals surface area contributed by atoms with Gasteiger partial charge in [0, 0.05) is 6.07 Å². The molecule has 0 saturated carbocycles. The Labute approximate surface area is 153 Å². The summed E-state index contributed by atoms with van der Waals surface area (Å²) in [5, 5.41) is 25.8. The fraction of sp³-hybridized carbons (Fsp3) is 0.133. The highest BCUT2D eigenvalue weighted by molar-refractivity contribution is 5.87. The largest absolute Gasteiger partial charge is 0.454 e. The monoisotopic (exact) mass is 398 g/mol. The molecule has 0 aromatic heterocycles. The van der Waals surface area contributed by atoms with Gasteiger partial charge in [-0.3, -0.25) is 25.7 Å². The highest BCUT2D eigenvalue weighted by Gasteiger charge is 2.33. The molecule has 1 N–H and O–H groups in total. The molecule has 2 aromatic rings. The number of alkyl halides is 3. The second kappa shape index (κ2) is 7.02. The molecule has 146 valence electrons. The van der Waals surface area contributed by atoms with Crippen molar-refractivity contribution in [2.45, 2.75) is 6.18 Å². The number of anilines is 1. The first-order chi connectivity index (χ1) is 13.2. The smallest absolute Gasteiger partial charge is 0.416 e. The van der Waals surface area contributed by atoms with E-state index >= 15 is 0 Å². The molecule has 0 radical (unpaired) electrons. The first-order valence-corrected chi connectivity index (χ1v) is 7.39. The zero-order valence-electron chi connectivity index (χ0n) is 13.6. The number of ether oxygens (including phenoxy) is 2. The first-order valence-electron chi connectivity index (χ1n) is 7.39. The maximum atomic E-state index is 12.7. The normalized spacial score (nSPS) is 13.0. The predicted octanol–water partition coefficient (Wildman–Crippen LogP) is 3.70. The molecule has 0 spiro atoms. The Balaban J connectivity index is 1.89. The van der Waals surface area contributed by atoms with Crippen molar-refractivity contribution in [3.8, 4) is 11.5 Å². The molecule has 0 amide bonds. The Kier molecular flexibility index (Phi) is 4.73. The summed E-state index contributed by atoms with van der Waals surface area (Å²) in [4.78, 5) is 20.5. The van der Waals surface area contributed by atoms with Crippen molar-refractivity contribution in [3.05, 3.63) is 61.7 Å². The number of nitrogens with one attached hydrogen (secondary N) is 1. The van der Waals surface area contributed by atoms with E-state index in [2.05, 4.69) is 10.5 Å². The molecule has 10 nitrogen and oxygen atoms in total. The Morgan fingerprint density at radius 3 is 2.29 bits per heavy atom. The summed E-state index contributed by atoms with van der Waals surface area (Å²) in [6, 6.07) is 4.26. The van der Waals surface area contributed by atoms with Gasteiger partial charge < -0.3 is 9.47 Å². The number of halogens is 3. The lowest BCUT2D eigenvalue weighted by Gasteiger charge is -2.08. The molecule has 1 aliphatic rings. The van der Waals surface area contributed by atoms with Crippen LogP contribution in [-0.2, 0) is 6.18 Å². The summed E-state index contributed by atoms with van der Waals surface area (Å²) < 4.78 is 48.3. The van der Waals surface area contributed by atoms with Crippen LogP contribution in [0.25, 0.3) is 0 Å². The SMILES string of the molecule is O=[N+]([O-])c1cc2c(cc1/C=N/Nc1ccc(C(F)(F)F)cc1[N+](=O)[O-])OCO2. The van der Waals surface area contributed by atoms with Crippen molar-refractivity contribution in [3.63, 3.8) is 0 Å². The molecular weight excluding hydrogens is 389 g/mol. The summed E-state index contributed by atoms with van der Waals surface area (Å²) in [5.41, 5.74) is -0.517. The van der Waals surface area contributed by atoms with Crippen LogP contribution in [0.2, 0.25) is 0 Å². The summed E-state index contributed by atoms with van der Waals surface area (Å²) in [6.45, 7) is -0.108. The molecule has 13 heteroatoms. The van der Waals surface area contributed by atoms with E-state index in [0.29, 0.717) is 12.1 Å². The molecular formula is C15H9F3N4O6. The van der Waals surface area contributed by atoms with Crippen molar-refractivity contribution in [2.75, 3.05) is 12.2 Å². The highest BCUT2D eigenvalue weighted by Crippen LogP contribution is 2.38. The van der Waals surface area contributed by atoms with Gasteiger partial charge in [-0.1, -0.05) is 0 Å². The summed E-state index contributed by atoms with van der Waals surface area (Å²) >= 11 is 0. The van der Waals surface area contributed by atoms with Crippen LogP contribution in [0, 0.1) is 20.2 Å². The zero-order chi connectivity index (χ0) is 20.5. The second-order valence-corrected chi connectivity index (χ2v) is 5.38. The highest BCUT2D eigenvalue weighted by atomic mass is 19.4. The number of hydrogen-bond donors (Lipinski definition) is 1. The topological polar surface area (TPSA) is 129 Å². The van der Waals surface area contributed by atoms with Crippen LogP contribution >= 0.6 is 0 Å². The van der Waals surface area contributed by atoms with Crippen LogP contribution in [0.3, 0.4) is 0 Å². The fourth-order valence-corrected chi connectivity index (χ4v) is 2.33. The maximum Gasteiger partial charge on any atom is 0.416 e. The van der Waals surface area contributed by atoms with Crippen LogP contribution in [0.5, 0.6) is 11.5 Å². The molecule has 0 fully saturated rings. The van der Waals surface area contributed by atoms with Gasteiger partial charge in [0.15, 0.2) is 11.5 Å². The Bertz CT molecular complexity index is 992. The third-order valence-electron chi connectivity index (χ3n) is 3.63. The molecule has 28 heavy (non-hydrogen) atoms. The van der Waals surface area contributed by atoms with Gasteiger partial charge >= 0.3 is 6.18 Å². The number of hydrogen-bond acceptors (Lipinski definition) is 8. The second-order valence-electron chi connectivity index (χ2n) is 5.38. The maximum absolute atomic E-state index is 12.7. The molecule has 0 aliphatic carbocycles. The number of nitrogens with zero attached hydrogens (tertiary/aromatic N) is 3. The van der Waals surface area contributed by atoms with Gasteiger partial charge in [0.05, 0.1) is 33.3 Å². The molecule has 2 aromatic carbocycles. The molecule has 0 unspecified atom stereocenters. The van der Waals surface area contributed by atoms with Gasteiger partial charge in [-0.15, -0.1) is 0 Å². The number of nitro benzene ring substituents is 2. The quantitative estimate of drug-likeness (QED) is 0.462. The van der Waals surface area contributed by atoms with Crippen LogP contribution in [0.15, 0.2) is 35.4 Å². The lowest BCUT2D eigenvalue weighted by molar-refractivity contribution is -0.385. The average Bonchev–Trinajstić information content (AvgIpc) is 3.07. The van der Waals surface area contributed by atoms with Crippen molar-refractivity contribution in [2.24, 2.45) is 5.10 Å². The zero-order valence-corrected chi connectivity index (χ0v) is 13.6. The third kappa shape index (κ3) is 3.77. The minimum atomic E-state index is -4.75. The van der Waals surface area contributed by atoms with Crippen molar-refractivity contribution in [1.82, 2.24) is 0 Å². The first kappa shape index (κ1) is 18.9. The molecule has 1 heterocycles. The minimum Gasteiger partial charge on any atom is -0.454 e. The molecule has 0 saturated heterocycles. The predicted molar refractivity (Wildman–Crippen MR) is 88.5 cm³/mol. The Morgan fingerprint density at radius 1 is 1.04 bits per heavy atom. The van der Waals surface area contributed by atoms with E-state index in [1.54, 1.807) is 0 Å². The third-order valence-corrected chi connectivity index (χ3v) is 3.63. The number of fused-ring (bicyclic) bond motifs is 1. The van der Waals surface area contributed by atoms with Crippen molar-refractivity contribution in [1.29, 1.82) is 0 Å². The van der Waals surface area contributed by atoms with E-state index in [-0.39, 0.29) is 35.2 Å². The standard InChI is InChI=1S/C15H9F3N4O6/c16-15(17,18)9-1-2-10(12(4-9)22(25)26)20-19-6-8-3-13-14(28-7-27-13)5-11(8)21(23)24/h1-6,20H,7H2/b19-6+. The minimum absolute atomic E-state index is 0.00341. The van der Waals surface area contributed by atoms with E-state index in [9.17, 15) is 33.4 Å². The van der Waals surface area contributed by atoms with Gasteiger partial charge in [-0.05, 0) is 18.2 Å². The van der Waals surface area contributed by atoms with Crippen LogP contribution in [-0.4, -0.2) is 22.9 Å². The number of rotatable bonds is 5. The lowest BCUT2D eigenvalue weighted by atomic mass is 10.1. The van der Waals surface area contributed by atoms with Gasteiger partial charge in [0.25, 0.3) is 11.4 Å². The van der Waals surface area contributed by atoms with E-state index < -0.39 is 27.3 Å². The van der Waals surface area contributed by atoms with Crippen LogP contribution in [0.1, 0.15) is 11.1 Å². The Hall–Kier alpha value is -3.90. The number of benzene rings is 2. The van der Waals surface area contributed by atoms with E-state index in [1.165, 1.54) is 6.07 Å². The lowest BCUT2D eigenvalue weighted by Crippen LogP contribution is -2.06. The van der Waals surface area contributed by atoms with Gasteiger partial charge in [0.1, 0.15) is 5.69 Å². The van der Waals surface area contributed by atoms with E-state index in [0.717, 1.165) is 18.3 Å². The fourth-order valence-electron chi connectivity index (χ4n) is 2.33. The Morgan fingerprint density at radius 2 is 1.68 bits per heavy atom. The average molecular weight is 398 g/mol. The summed E-state index contributed by atoms with van der Waals surface area (Å²) in [6.07, 6.45) is -3.76. The number of hydrazone groups is 1. The van der Waals surface area contributed by atoms with E-state index in [4.69, 9.17) is 9.47 Å².